The number of hydrogen-bond acceptors (Lipinski definition) is 6. The molecule has 0 fully saturated rings. The number of para-hydroxylation sites is 4. The zero-order chi connectivity index (χ0) is 30.8. The Hall–Kier alpha value is -4.98. The lowest BCUT2D eigenvalue weighted by atomic mass is 10.1. The van der Waals surface area contributed by atoms with Crippen molar-refractivity contribution in [2.75, 3.05) is 26.8 Å². The van der Waals surface area contributed by atoms with Gasteiger partial charge in [-0.05, 0) is 42.0 Å². The van der Waals surface area contributed by atoms with Gasteiger partial charge in [0.05, 0.1) is 18.2 Å². The van der Waals surface area contributed by atoms with Gasteiger partial charge < -0.3 is 29.2 Å². The number of carbonyl (C=O) groups is 1. The molecular weight excluding hydrogens is 600 g/mol. The molecule has 6 rings (SSSR count). The van der Waals surface area contributed by atoms with E-state index >= 15 is 0 Å². The van der Waals surface area contributed by atoms with Gasteiger partial charge in [-0.25, -0.2) is 4.79 Å². The van der Waals surface area contributed by atoms with Crippen molar-refractivity contribution >= 4 is 40.2 Å². The minimum absolute atomic E-state index is 0. The lowest BCUT2D eigenvalue weighted by molar-refractivity contribution is 0.0173. The Morgan fingerprint density at radius 2 is 1.33 bits per heavy atom. The minimum Gasteiger partial charge on any atom is -0.493 e. The molecule has 1 aromatic heterocycles. The van der Waals surface area contributed by atoms with Gasteiger partial charge in [-0.1, -0.05) is 91.0 Å². The van der Waals surface area contributed by atoms with E-state index in [0.29, 0.717) is 42.3 Å². The Labute approximate surface area is 274 Å². The molecule has 46 heavy (non-hydrogen) atoms. The first-order valence-corrected chi connectivity index (χ1v) is 15.1. The number of fused-ring (bicyclic) bond motifs is 3. The predicted octanol–water partition coefficient (Wildman–Crippen LogP) is 7.64. The Morgan fingerprint density at radius 3 is 2.11 bits per heavy atom. The molecule has 0 aliphatic carbocycles. The average molecular weight is 637 g/mol. The molecule has 2 N–H and O–H groups in total. The van der Waals surface area contributed by atoms with Crippen LogP contribution in [0.5, 0.6) is 17.2 Å². The maximum atomic E-state index is 13.1. The molecule has 0 amide bonds. The van der Waals surface area contributed by atoms with Gasteiger partial charge in [0, 0.05) is 35.8 Å². The molecule has 2 atom stereocenters. The number of esters is 1. The second kappa shape index (κ2) is 15.8. The first-order valence-electron chi connectivity index (χ1n) is 15.1. The summed E-state index contributed by atoms with van der Waals surface area (Å²) in [7, 11) is 1.63. The maximum Gasteiger partial charge on any atom is 0.338 e. The summed E-state index contributed by atoms with van der Waals surface area (Å²) in [5, 5.41) is 5.70. The molecule has 0 radical (unpaired) electrons. The zero-order valence-corrected chi connectivity index (χ0v) is 26.4. The van der Waals surface area contributed by atoms with Crippen LogP contribution in [0.2, 0.25) is 0 Å². The summed E-state index contributed by atoms with van der Waals surface area (Å²) in [4.78, 5) is 16.6. The fourth-order valence-corrected chi connectivity index (χ4v) is 5.41. The van der Waals surface area contributed by atoms with E-state index in [1.807, 2.05) is 91.0 Å². The molecule has 0 saturated carbocycles. The summed E-state index contributed by atoms with van der Waals surface area (Å²) in [6.07, 6.45) is -0.102. The van der Waals surface area contributed by atoms with Crippen LogP contribution in [-0.4, -0.2) is 50.0 Å². The van der Waals surface area contributed by atoms with Gasteiger partial charge in [0.1, 0.15) is 24.6 Å². The number of halogens is 1. The lowest BCUT2D eigenvalue weighted by Gasteiger charge is -2.24. The van der Waals surface area contributed by atoms with Crippen molar-refractivity contribution < 1.29 is 23.7 Å². The van der Waals surface area contributed by atoms with Crippen molar-refractivity contribution in [2.24, 2.45) is 0 Å². The van der Waals surface area contributed by atoms with E-state index in [1.54, 1.807) is 19.2 Å². The van der Waals surface area contributed by atoms with Gasteiger partial charge in [0.2, 0.25) is 0 Å². The highest BCUT2D eigenvalue weighted by Gasteiger charge is 2.20. The van der Waals surface area contributed by atoms with E-state index in [-0.39, 0.29) is 25.1 Å². The fourth-order valence-electron chi connectivity index (χ4n) is 5.41. The predicted molar refractivity (Wildman–Crippen MR) is 185 cm³/mol. The van der Waals surface area contributed by atoms with Gasteiger partial charge in [-0.15, -0.1) is 12.4 Å². The second-order valence-corrected chi connectivity index (χ2v) is 10.8. The number of H-pyrrole nitrogens is 1. The molecule has 0 bridgehead atoms. The molecule has 0 aliphatic heterocycles. The minimum atomic E-state index is -0.569. The SMILES string of the molecule is COc1ccccc1OC(CNCC(COc1cccc2c1[nH]c1ccccc12)OC(=O)c1ccccc1)Cc1ccccc1.Cl. The van der Waals surface area contributed by atoms with Gasteiger partial charge in [0.25, 0.3) is 0 Å². The average Bonchev–Trinajstić information content (AvgIpc) is 3.47. The maximum absolute atomic E-state index is 13.1. The van der Waals surface area contributed by atoms with Gasteiger partial charge in [-0.2, -0.15) is 0 Å². The number of hydrogen-bond donors (Lipinski definition) is 2. The summed E-state index contributed by atoms with van der Waals surface area (Å²) in [6, 6.07) is 41.0. The smallest absolute Gasteiger partial charge is 0.338 e. The van der Waals surface area contributed by atoms with Crippen LogP contribution in [0.25, 0.3) is 21.8 Å². The zero-order valence-electron chi connectivity index (χ0n) is 25.6. The lowest BCUT2D eigenvalue weighted by Crippen LogP contribution is -2.40. The Morgan fingerprint density at radius 1 is 0.696 bits per heavy atom. The van der Waals surface area contributed by atoms with Crippen LogP contribution in [0.3, 0.4) is 0 Å². The number of rotatable bonds is 14. The molecule has 0 spiro atoms. The highest BCUT2D eigenvalue weighted by molar-refractivity contribution is 6.09. The molecule has 0 aliphatic rings. The van der Waals surface area contributed by atoms with Gasteiger partial charge in [-0.3, -0.25) is 0 Å². The van der Waals surface area contributed by atoms with E-state index in [2.05, 4.69) is 34.6 Å². The Kier molecular flexibility index (Phi) is 11.2. The number of nitrogens with one attached hydrogen (secondary N) is 2. The third kappa shape index (κ3) is 7.99. The van der Waals surface area contributed by atoms with Crippen LogP contribution in [0.15, 0.2) is 127 Å². The van der Waals surface area contributed by atoms with Crippen LogP contribution >= 0.6 is 12.4 Å². The number of carbonyl (C=O) groups excluding carboxylic acids is 1. The molecule has 7 nitrogen and oxygen atoms in total. The summed E-state index contributed by atoms with van der Waals surface area (Å²) in [5.41, 5.74) is 3.59. The van der Waals surface area contributed by atoms with Crippen LogP contribution in [0.1, 0.15) is 15.9 Å². The van der Waals surface area contributed by atoms with Crippen molar-refractivity contribution in [2.45, 2.75) is 18.6 Å². The standard InChI is InChI=1S/C38H36N2O5.ClH/c1-42-34-20-10-11-21-35(34)44-29(23-27-13-4-2-5-14-27)24-39-25-30(45-38(41)28-15-6-3-7-16-28)26-43-36-22-12-18-32-31-17-8-9-19-33(31)40-37(32)36;/h2-22,29-30,39-40H,23-26H2,1H3;1H. The summed E-state index contributed by atoms with van der Waals surface area (Å²) in [5.74, 6) is 1.64. The van der Waals surface area contributed by atoms with Crippen LogP contribution in [-0.2, 0) is 11.2 Å². The van der Waals surface area contributed by atoms with Crippen molar-refractivity contribution in [3.8, 4) is 17.2 Å². The Balaban J connectivity index is 0.00000417. The highest BCUT2D eigenvalue weighted by Crippen LogP contribution is 2.32. The largest absolute Gasteiger partial charge is 0.493 e. The molecule has 2 unspecified atom stereocenters. The van der Waals surface area contributed by atoms with Crippen LogP contribution < -0.4 is 19.5 Å². The summed E-state index contributed by atoms with van der Waals surface area (Å²) >= 11 is 0. The highest BCUT2D eigenvalue weighted by atomic mass is 35.5. The Bertz CT molecular complexity index is 1840. The molecule has 8 heteroatoms. The topological polar surface area (TPSA) is 81.8 Å². The molecule has 5 aromatic carbocycles. The van der Waals surface area contributed by atoms with E-state index in [0.717, 1.165) is 27.4 Å². The summed E-state index contributed by atoms with van der Waals surface area (Å²) < 4.78 is 24.3. The quantitative estimate of drug-likeness (QED) is 0.120. The van der Waals surface area contributed by atoms with Crippen LogP contribution in [0, 0.1) is 0 Å². The molecule has 6 aromatic rings. The van der Waals surface area contributed by atoms with Gasteiger partial charge in [0.15, 0.2) is 11.5 Å². The van der Waals surface area contributed by atoms with E-state index in [4.69, 9.17) is 18.9 Å². The first-order chi connectivity index (χ1) is 22.2. The van der Waals surface area contributed by atoms with Crippen molar-refractivity contribution in [1.29, 1.82) is 0 Å². The van der Waals surface area contributed by atoms with E-state index < -0.39 is 12.1 Å². The monoisotopic (exact) mass is 636 g/mol. The first kappa shape index (κ1) is 32.4. The number of aromatic amines is 1. The van der Waals surface area contributed by atoms with E-state index in [1.165, 1.54) is 0 Å². The third-order valence-electron chi connectivity index (χ3n) is 7.62. The molecule has 236 valence electrons. The van der Waals surface area contributed by atoms with Crippen LogP contribution in [0.4, 0.5) is 0 Å². The number of ether oxygens (including phenoxy) is 4. The third-order valence-corrected chi connectivity index (χ3v) is 7.62. The normalized spacial score (nSPS) is 12.2. The molecule has 1 heterocycles. The van der Waals surface area contributed by atoms with Crippen molar-refractivity contribution in [3.05, 3.63) is 139 Å². The molecular formula is C38H37ClN2O5. The second-order valence-electron chi connectivity index (χ2n) is 10.8. The number of aromatic nitrogens is 1. The molecule has 0 saturated heterocycles. The van der Waals surface area contributed by atoms with Crippen molar-refractivity contribution in [1.82, 2.24) is 10.3 Å². The van der Waals surface area contributed by atoms with E-state index in [9.17, 15) is 4.79 Å². The van der Waals surface area contributed by atoms with Gasteiger partial charge >= 0.3 is 5.97 Å². The van der Waals surface area contributed by atoms with Crippen molar-refractivity contribution in [3.63, 3.8) is 0 Å². The number of methoxy groups -OCH3 is 1. The number of benzene rings is 5. The fraction of sp³-hybridized carbons (Fsp3) is 0.184. The summed E-state index contributed by atoms with van der Waals surface area (Å²) in [6.45, 7) is 1.03.